The Labute approximate surface area is 226 Å². The number of aliphatic carboxylic acids is 2. The number of rotatable bonds is 6. The van der Waals surface area contributed by atoms with Crippen LogP contribution in [0, 0.1) is 13.8 Å². The van der Waals surface area contributed by atoms with Crippen molar-refractivity contribution < 1.29 is 19.8 Å². The second kappa shape index (κ2) is 9.84. The van der Waals surface area contributed by atoms with Crippen LogP contribution in [0.15, 0.2) is 36.4 Å². The molecule has 0 radical (unpaired) electrons. The van der Waals surface area contributed by atoms with Crippen molar-refractivity contribution in [2.45, 2.75) is 71.6 Å². The highest BCUT2D eigenvalue weighted by atomic mass is 16.4. The molecule has 8 nitrogen and oxygen atoms in total. The van der Waals surface area contributed by atoms with Gasteiger partial charge in [-0.2, -0.15) is 0 Å². The molecule has 0 fully saturated rings. The Morgan fingerprint density at radius 1 is 0.821 bits per heavy atom. The lowest BCUT2D eigenvalue weighted by Gasteiger charge is -2.27. The van der Waals surface area contributed by atoms with E-state index < -0.39 is 17.4 Å². The number of aromatic amines is 2. The summed E-state index contributed by atoms with van der Waals surface area (Å²) in [6, 6.07) is 12.3. The number of carbonyl (C=O) groups is 2. The predicted molar refractivity (Wildman–Crippen MR) is 152 cm³/mol. The third-order valence-electron chi connectivity index (χ3n) is 8.07. The lowest BCUT2D eigenvalue weighted by molar-refractivity contribution is -0.138. The van der Waals surface area contributed by atoms with E-state index in [1.807, 2.05) is 19.1 Å². The van der Waals surface area contributed by atoms with Crippen LogP contribution in [0.4, 0.5) is 0 Å². The van der Waals surface area contributed by atoms with Crippen molar-refractivity contribution in [2.75, 3.05) is 0 Å². The average Bonchev–Trinajstić information content (AvgIpc) is 3.51. The Balaban J connectivity index is 1.85. The first-order chi connectivity index (χ1) is 18.4. The topological polar surface area (TPSA) is 132 Å². The number of carboxylic acids is 2. The SMILES string of the molecule is CC1=C(CCC(=O)O)c2cc3nc(cc4[nH]c(cc4C)cc4[nH]c(cc1n2)cc4C)C(C)(C)[C@@H]3CCC(=O)O. The minimum atomic E-state index is -0.866. The minimum Gasteiger partial charge on any atom is -0.481 e. The van der Waals surface area contributed by atoms with Gasteiger partial charge in [-0.1, -0.05) is 13.8 Å². The normalized spacial score (nSPS) is 16.5. The highest BCUT2D eigenvalue weighted by molar-refractivity contribution is 5.92. The van der Waals surface area contributed by atoms with Crippen LogP contribution < -0.4 is 0 Å². The van der Waals surface area contributed by atoms with Crippen molar-refractivity contribution in [3.05, 3.63) is 70.3 Å². The predicted octanol–water partition coefficient (Wildman–Crippen LogP) is 6.65. The second-order valence-electron chi connectivity index (χ2n) is 11.2. The summed E-state index contributed by atoms with van der Waals surface area (Å²) in [5.74, 6) is -1.85. The fourth-order valence-corrected chi connectivity index (χ4v) is 5.71. The maximum absolute atomic E-state index is 11.5. The molecule has 2 aliphatic rings. The second-order valence-corrected chi connectivity index (χ2v) is 11.2. The summed E-state index contributed by atoms with van der Waals surface area (Å²) in [5.41, 5.74) is 10.5. The first kappa shape index (κ1) is 26.4. The Morgan fingerprint density at radius 2 is 1.44 bits per heavy atom. The molecule has 3 aromatic heterocycles. The fraction of sp³-hybridized carbons (Fsp3) is 0.355. The summed E-state index contributed by atoms with van der Waals surface area (Å²) in [6.45, 7) is 10.3. The molecule has 0 amide bonds. The Hall–Kier alpha value is -4.20. The van der Waals surface area contributed by atoms with Gasteiger partial charge in [-0.15, -0.1) is 0 Å². The van der Waals surface area contributed by atoms with Crippen molar-refractivity contribution in [1.82, 2.24) is 19.9 Å². The van der Waals surface area contributed by atoms with E-state index in [9.17, 15) is 19.8 Å². The van der Waals surface area contributed by atoms with Crippen molar-refractivity contribution in [1.29, 1.82) is 0 Å². The summed E-state index contributed by atoms with van der Waals surface area (Å²) >= 11 is 0. The average molecular weight is 527 g/mol. The number of aromatic nitrogens is 4. The van der Waals surface area contributed by atoms with Crippen LogP contribution in [-0.2, 0) is 15.0 Å². The molecule has 8 heteroatoms. The first-order valence-electron chi connectivity index (χ1n) is 13.3. The Kier molecular flexibility index (Phi) is 6.66. The lowest BCUT2D eigenvalue weighted by atomic mass is 9.74. The van der Waals surface area contributed by atoms with Crippen molar-refractivity contribution in [2.24, 2.45) is 0 Å². The van der Waals surface area contributed by atoms with Gasteiger partial charge in [-0.05, 0) is 92.3 Å². The number of hydrogen-bond acceptors (Lipinski definition) is 4. The quantitative estimate of drug-likeness (QED) is 0.284. The molecular formula is C31H34N4O4. The van der Waals surface area contributed by atoms with E-state index in [-0.39, 0.29) is 18.8 Å². The molecule has 0 spiro atoms. The molecule has 5 rings (SSSR count). The molecule has 1 atom stereocenters. The number of carboxylic acid groups (broad SMARTS) is 2. The Morgan fingerprint density at radius 3 is 2.08 bits per heavy atom. The smallest absolute Gasteiger partial charge is 0.303 e. The molecule has 2 aliphatic heterocycles. The van der Waals surface area contributed by atoms with Gasteiger partial charge in [0.05, 0.1) is 11.4 Å². The van der Waals surface area contributed by atoms with E-state index in [0.29, 0.717) is 18.5 Å². The van der Waals surface area contributed by atoms with Gasteiger partial charge in [0.15, 0.2) is 0 Å². The highest BCUT2D eigenvalue weighted by Gasteiger charge is 2.39. The van der Waals surface area contributed by atoms with E-state index in [1.54, 1.807) is 0 Å². The molecule has 39 heavy (non-hydrogen) atoms. The number of fused-ring (bicyclic) bond motifs is 8. The van der Waals surface area contributed by atoms with Crippen molar-refractivity contribution in [3.8, 4) is 0 Å². The van der Waals surface area contributed by atoms with Crippen LogP contribution >= 0.6 is 0 Å². The van der Waals surface area contributed by atoms with Gasteiger partial charge >= 0.3 is 11.9 Å². The fourth-order valence-electron chi connectivity index (χ4n) is 5.71. The standard InChI is InChI=1S/C31H34N4O4/c1-16-10-20-13-25-18(3)21(6-8-29(36)37)26(34-25)14-27-22(7-9-30(38)39)31(4,5)28(35-27)15-24-17(2)11-19(33-24)12-23(16)32-20/h10-15,22,32-33H,6-9H2,1-5H3,(H,36,37)(H,38,39)/t22-/m1/s1. The van der Waals surface area contributed by atoms with E-state index in [2.05, 4.69) is 61.9 Å². The number of aryl methyl sites for hydroxylation is 2. The molecule has 0 unspecified atom stereocenters. The molecule has 0 saturated heterocycles. The summed E-state index contributed by atoms with van der Waals surface area (Å²) in [7, 11) is 0. The zero-order valence-electron chi connectivity index (χ0n) is 23.0. The first-order valence-corrected chi connectivity index (χ1v) is 13.3. The van der Waals surface area contributed by atoms with Crippen LogP contribution in [0.25, 0.3) is 33.2 Å². The number of H-pyrrole nitrogens is 2. The van der Waals surface area contributed by atoms with Gasteiger partial charge in [0.1, 0.15) is 0 Å². The zero-order chi connectivity index (χ0) is 28.1. The summed E-state index contributed by atoms with van der Waals surface area (Å²) < 4.78 is 0. The van der Waals surface area contributed by atoms with Gasteiger partial charge in [0, 0.05) is 57.6 Å². The van der Waals surface area contributed by atoms with Crippen molar-refractivity contribution >= 4 is 45.2 Å². The van der Waals surface area contributed by atoms with E-state index in [1.165, 1.54) is 0 Å². The summed E-state index contributed by atoms with van der Waals surface area (Å²) in [5, 5.41) is 18.9. The molecular weight excluding hydrogens is 492 g/mol. The molecule has 202 valence electrons. The maximum Gasteiger partial charge on any atom is 0.303 e. The largest absolute Gasteiger partial charge is 0.481 e. The van der Waals surface area contributed by atoms with Gasteiger partial charge in [-0.3, -0.25) is 14.6 Å². The monoisotopic (exact) mass is 526 g/mol. The molecule has 5 heterocycles. The van der Waals surface area contributed by atoms with E-state index >= 15 is 0 Å². The molecule has 0 saturated carbocycles. The molecule has 4 N–H and O–H groups in total. The van der Waals surface area contributed by atoms with Gasteiger partial charge in [-0.25, -0.2) is 4.98 Å². The van der Waals surface area contributed by atoms with Crippen LogP contribution in [0.2, 0.25) is 0 Å². The molecule has 0 aromatic carbocycles. The third-order valence-corrected chi connectivity index (χ3v) is 8.07. The zero-order valence-corrected chi connectivity index (χ0v) is 23.0. The van der Waals surface area contributed by atoms with Crippen LogP contribution in [0.3, 0.4) is 0 Å². The minimum absolute atomic E-state index is 0.00664. The molecule has 0 aliphatic carbocycles. The number of hydrogen-bond donors (Lipinski definition) is 4. The van der Waals surface area contributed by atoms with Crippen LogP contribution in [0.5, 0.6) is 0 Å². The van der Waals surface area contributed by atoms with Crippen molar-refractivity contribution in [3.63, 3.8) is 0 Å². The molecule has 8 bridgehead atoms. The summed E-state index contributed by atoms with van der Waals surface area (Å²) in [6.07, 6.45) is 0.805. The van der Waals surface area contributed by atoms with Gasteiger partial charge < -0.3 is 20.2 Å². The highest BCUT2D eigenvalue weighted by Crippen LogP contribution is 2.45. The lowest BCUT2D eigenvalue weighted by Crippen LogP contribution is -2.23. The Bertz CT molecular complexity index is 1690. The molecule has 3 aromatic rings. The maximum atomic E-state index is 11.5. The van der Waals surface area contributed by atoms with E-state index in [0.717, 1.165) is 61.4 Å². The van der Waals surface area contributed by atoms with Gasteiger partial charge in [0.25, 0.3) is 0 Å². The van der Waals surface area contributed by atoms with Crippen LogP contribution in [0.1, 0.15) is 86.3 Å². The van der Waals surface area contributed by atoms with Crippen LogP contribution in [-0.4, -0.2) is 42.1 Å². The van der Waals surface area contributed by atoms with Gasteiger partial charge in [0.2, 0.25) is 0 Å². The number of nitrogens with one attached hydrogen (secondary N) is 2. The summed E-state index contributed by atoms with van der Waals surface area (Å²) in [4.78, 5) is 40.0. The number of allylic oxidation sites excluding steroid dienone is 2. The third kappa shape index (κ3) is 5.11. The number of nitrogens with zero attached hydrogens (tertiary/aromatic N) is 2. The van der Waals surface area contributed by atoms with E-state index in [4.69, 9.17) is 9.97 Å².